The summed E-state index contributed by atoms with van der Waals surface area (Å²) in [6.07, 6.45) is 6.50. The van der Waals surface area contributed by atoms with Crippen LogP contribution in [0.2, 0.25) is 0 Å². The van der Waals surface area contributed by atoms with Gasteiger partial charge in [-0.1, -0.05) is 61.7 Å². The van der Waals surface area contributed by atoms with Crippen LogP contribution in [0.15, 0.2) is 53.3 Å². The van der Waals surface area contributed by atoms with Gasteiger partial charge in [-0.3, -0.25) is 9.69 Å². The number of hydrogen-bond donors (Lipinski definition) is 1. The van der Waals surface area contributed by atoms with Crippen LogP contribution in [0.1, 0.15) is 73.1 Å². The maximum absolute atomic E-state index is 13.2. The first-order valence-electron chi connectivity index (χ1n) is 13.2. The first kappa shape index (κ1) is 24.4. The van der Waals surface area contributed by atoms with Gasteiger partial charge in [-0.25, -0.2) is 4.68 Å². The van der Waals surface area contributed by atoms with E-state index in [2.05, 4.69) is 88.6 Å². The molecule has 5 rings (SSSR count). The highest BCUT2D eigenvalue weighted by atomic mass is 16.1. The average molecular weight is 485 g/mol. The molecule has 188 valence electrons. The van der Waals surface area contributed by atoms with Crippen molar-refractivity contribution in [3.8, 4) is 0 Å². The van der Waals surface area contributed by atoms with Gasteiger partial charge in [-0.2, -0.15) is 0 Å². The summed E-state index contributed by atoms with van der Waals surface area (Å²) in [5.41, 5.74) is 5.31. The number of nitrogens with one attached hydrogen (secondary N) is 1. The first-order chi connectivity index (χ1) is 17.5. The van der Waals surface area contributed by atoms with Gasteiger partial charge in [0.05, 0.1) is 11.6 Å². The molecule has 1 fully saturated rings. The average Bonchev–Trinajstić information content (AvgIpc) is 3.57. The van der Waals surface area contributed by atoms with Gasteiger partial charge in [0.15, 0.2) is 5.82 Å². The topological polar surface area (TPSA) is 79.7 Å². The quantitative estimate of drug-likeness (QED) is 0.350. The molecule has 1 aliphatic carbocycles. The molecular formula is C29H36N6O. The largest absolute Gasteiger partial charge is 0.321 e. The highest BCUT2D eigenvalue weighted by Crippen LogP contribution is 2.33. The molecule has 0 bridgehead atoms. The van der Waals surface area contributed by atoms with E-state index in [1.807, 2.05) is 10.7 Å². The predicted octanol–water partition coefficient (Wildman–Crippen LogP) is 5.27. The Kier molecular flexibility index (Phi) is 7.28. The number of H-pyrrole nitrogens is 1. The lowest BCUT2D eigenvalue weighted by Gasteiger charge is -2.35. The summed E-state index contributed by atoms with van der Waals surface area (Å²) in [5.74, 6) is 0.893. The van der Waals surface area contributed by atoms with Crippen LogP contribution in [0.25, 0.3) is 10.9 Å². The molecule has 0 radical (unpaired) electrons. The van der Waals surface area contributed by atoms with Gasteiger partial charge in [0.25, 0.3) is 5.56 Å². The van der Waals surface area contributed by atoms with E-state index in [-0.39, 0.29) is 11.6 Å². The molecule has 0 aliphatic heterocycles. The molecule has 7 nitrogen and oxygen atoms in total. The zero-order chi connectivity index (χ0) is 25.1. The van der Waals surface area contributed by atoms with E-state index < -0.39 is 0 Å². The minimum atomic E-state index is -0.00373. The van der Waals surface area contributed by atoms with E-state index in [0.29, 0.717) is 12.6 Å². The number of nitrogens with zero attached hydrogens (tertiary/aromatic N) is 5. The number of tetrazole rings is 1. The van der Waals surface area contributed by atoms with Crippen LogP contribution in [0.5, 0.6) is 0 Å². The number of aryl methyl sites for hydroxylation is 4. The maximum Gasteiger partial charge on any atom is 0.252 e. The normalized spacial score (nSPS) is 15.2. The Bertz CT molecular complexity index is 1370. The Morgan fingerprint density at radius 1 is 1.11 bits per heavy atom. The zero-order valence-corrected chi connectivity index (χ0v) is 21.6. The summed E-state index contributed by atoms with van der Waals surface area (Å²) in [6, 6.07) is 17.3. The standard InChI is InChI=1S/C29H36N6O/c1-4-26(28-31-32-33-35(28)15-14-22-10-6-5-7-11-22)34(25-12-8-9-13-25)19-24-18-23-17-20(2)16-21(3)27(23)30-29(24)36/h5-7,10-11,16-18,25-26H,4,8-9,12-15,19H2,1-3H3,(H,30,36). The summed E-state index contributed by atoms with van der Waals surface area (Å²) in [7, 11) is 0. The number of aromatic nitrogens is 5. The molecule has 2 aromatic heterocycles. The Morgan fingerprint density at radius 3 is 2.64 bits per heavy atom. The fourth-order valence-corrected chi connectivity index (χ4v) is 5.83. The molecular weight excluding hydrogens is 448 g/mol. The second-order valence-electron chi connectivity index (χ2n) is 10.2. The summed E-state index contributed by atoms with van der Waals surface area (Å²) in [6.45, 7) is 7.67. The van der Waals surface area contributed by atoms with Gasteiger partial charge < -0.3 is 4.98 Å². The minimum absolute atomic E-state index is 0.00373. The number of benzene rings is 2. The molecule has 2 heterocycles. The predicted molar refractivity (Wildman–Crippen MR) is 143 cm³/mol. The van der Waals surface area contributed by atoms with Crippen molar-refractivity contribution >= 4 is 10.9 Å². The third-order valence-corrected chi connectivity index (χ3v) is 7.62. The van der Waals surface area contributed by atoms with E-state index in [1.165, 1.54) is 24.0 Å². The van der Waals surface area contributed by atoms with Gasteiger partial charge in [-0.05, 0) is 78.6 Å². The minimum Gasteiger partial charge on any atom is -0.321 e. The fraction of sp³-hybridized carbons (Fsp3) is 0.448. The molecule has 0 saturated heterocycles. The van der Waals surface area contributed by atoms with Crippen LogP contribution in [-0.2, 0) is 19.5 Å². The maximum atomic E-state index is 13.2. The van der Waals surface area contributed by atoms with E-state index in [0.717, 1.165) is 60.1 Å². The molecule has 1 atom stereocenters. The molecule has 0 spiro atoms. The van der Waals surface area contributed by atoms with Gasteiger partial charge in [0.2, 0.25) is 0 Å². The van der Waals surface area contributed by atoms with Crippen LogP contribution < -0.4 is 5.56 Å². The second kappa shape index (κ2) is 10.7. The summed E-state index contributed by atoms with van der Waals surface area (Å²) >= 11 is 0. The van der Waals surface area contributed by atoms with Gasteiger partial charge >= 0.3 is 0 Å². The third kappa shape index (κ3) is 5.12. The highest BCUT2D eigenvalue weighted by molar-refractivity contribution is 5.82. The van der Waals surface area contributed by atoms with Gasteiger partial charge in [-0.15, -0.1) is 5.10 Å². The van der Waals surface area contributed by atoms with Crippen molar-refractivity contribution in [2.45, 2.75) is 84.5 Å². The van der Waals surface area contributed by atoms with Crippen LogP contribution in [0, 0.1) is 13.8 Å². The first-order valence-corrected chi connectivity index (χ1v) is 13.2. The Hall–Kier alpha value is -3.32. The molecule has 4 aromatic rings. The monoisotopic (exact) mass is 484 g/mol. The molecule has 1 saturated carbocycles. The van der Waals surface area contributed by atoms with E-state index >= 15 is 0 Å². The van der Waals surface area contributed by atoms with Crippen molar-refractivity contribution in [3.05, 3.63) is 87.0 Å². The van der Waals surface area contributed by atoms with E-state index in [4.69, 9.17) is 0 Å². The van der Waals surface area contributed by atoms with Crippen LogP contribution in [0.3, 0.4) is 0 Å². The van der Waals surface area contributed by atoms with Gasteiger partial charge in [0, 0.05) is 24.7 Å². The highest BCUT2D eigenvalue weighted by Gasteiger charge is 2.32. The van der Waals surface area contributed by atoms with Crippen molar-refractivity contribution in [2.24, 2.45) is 0 Å². The SMILES string of the molecule is CCC(c1nnnn1CCc1ccccc1)N(Cc1cc2cc(C)cc(C)c2[nH]c1=O)C1CCCC1. The molecule has 1 unspecified atom stereocenters. The Balaban J connectivity index is 1.47. The van der Waals surface area contributed by atoms with Crippen molar-refractivity contribution in [1.29, 1.82) is 0 Å². The Morgan fingerprint density at radius 2 is 1.89 bits per heavy atom. The molecule has 2 aromatic carbocycles. The molecule has 0 amide bonds. The Labute approximate surface area is 212 Å². The second-order valence-corrected chi connectivity index (χ2v) is 10.2. The third-order valence-electron chi connectivity index (χ3n) is 7.62. The molecule has 7 heteroatoms. The fourth-order valence-electron chi connectivity index (χ4n) is 5.83. The lowest BCUT2D eigenvalue weighted by molar-refractivity contribution is 0.112. The number of aromatic amines is 1. The zero-order valence-electron chi connectivity index (χ0n) is 21.6. The van der Waals surface area contributed by atoms with Crippen molar-refractivity contribution in [1.82, 2.24) is 30.1 Å². The lowest BCUT2D eigenvalue weighted by atomic mass is 10.0. The van der Waals surface area contributed by atoms with Gasteiger partial charge in [0.1, 0.15) is 0 Å². The van der Waals surface area contributed by atoms with Crippen molar-refractivity contribution in [3.63, 3.8) is 0 Å². The number of pyridine rings is 1. The molecule has 1 N–H and O–H groups in total. The van der Waals surface area contributed by atoms with E-state index in [9.17, 15) is 4.79 Å². The van der Waals surface area contributed by atoms with Crippen molar-refractivity contribution in [2.75, 3.05) is 0 Å². The summed E-state index contributed by atoms with van der Waals surface area (Å²) in [5, 5.41) is 14.0. The van der Waals surface area contributed by atoms with Crippen LogP contribution in [-0.4, -0.2) is 36.1 Å². The van der Waals surface area contributed by atoms with E-state index in [1.54, 1.807) is 0 Å². The number of fused-ring (bicyclic) bond motifs is 1. The smallest absolute Gasteiger partial charge is 0.252 e. The van der Waals surface area contributed by atoms with Crippen LogP contribution in [0.4, 0.5) is 0 Å². The molecule has 1 aliphatic rings. The molecule has 36 heavy (non-hydrogen) atoms. The number of hydrogen-bond acceptors (Lipinski definition) is 5. The van der Waals surface area contributed by atoms with Crippen molar-refractivity contribution < 1.29 is 0 Å². The lowest BCUT2D eigenvalue weighted by Crippen LogP contribution is -2.39. The summed E-state index contributed by atoms with van der Waals surface area (Å²) in [4.78, 5) is 18.9. The number of rotatable bonds is 9. The summed E-state index contributed by atoms with van der Waals surface area (Å²) < 4.78 is 1.96. The van der Waals surface area contributed by atoms with Crippen LogP contribution >= 0.6 is 0 Å².